The van der Waals surface area contributed by atoms with Gasteiger partial charge in [0.05, 0.1) is 30.8 Å². The Labute approximate surface area is 173 Å². The van der Waals surface area contributed by atoms with Crippen molar-refractivity contribution in [3.8, 4) is 0 Å². The van der Waals surface area contributed by atoms with Gasteiger partial charge in [-0.05, 0) is 17.0 Å². The van der Waals surface area contributed by atoms with E-state index in [0.29, 0.717) is 18.9 Å². The highest BCUT2D eigenvalue weighted by Crippen LogP contribution is 2.34. The zero-order valence-corrected chi connectivity index (χ0v) is 17.3. The van der Waals surface area contributed by atoms with Crippen molar-refractivity contribution in [2.24, 2.45) is 0 Å². The zero-order valence-electron chi connectivity index (χ0n) is 15.6. The van der Waals surface area contributed by atoms with Gasteiger partial charge in [0.2, 0.25) is 0 Å². The summed E-state index contributed by atoms with van der Waals surface area (Å²) in [6, 6.07) is 14.3. The summed E-state index contributed by atoms with van der Waals surface area (Å²) >= 11 is 3.41. The lowest BCUT2D eigenvalue weighted by molar-refractivity contribution is -0.121. The van der Waals surface area contributed by atoms with Gasteiger partial charge in [-0.3, -0.25) is 9.69 Å². The molecule has 2 aliphatic heterocycles. The maximum absolute atomic E-state index is 13.0. The molecule has 0 unspecified atom stereocenters. The summed E-state index contributed by atoms with van der Waals surface area (Å²) in [6.45, 7) is 4.34. The van der Waals surface area contributed by atoms with Crippen molar-refractivity contribution in [1.82, 2.24) is 10.2 Å². The van der Waals surface area contributed by atoms with Crippen LogP contribution in [0.15, 0.2) is 53.6 Å². The van der Waals surface area contributed by atoms with Crippen LogP contribution in [-0.2, 0) is 14.3 Å². The zero-order chi connectivity index (χ0) is 19.2. The molecule has 2 aromatic rings. The number of carbonyl (C=O) groups is 1. The van der Waals surface area contributed by atoms with Crippen molar-refractivity contribution in [3.05, 3.63) is 64.0 Å². The lowest BCUT2D eigenvalue weighted by Gasteiger charge is -2.34. The van der Waals surface area contributed by atoms with Crippen LogP contribution in [0.4, 0.5) is 0 Å². The van der Waals surface area contributed by atoms with E-state index in [1.54, 1.807) is 23.1 Å². The number of rotatable bonds is 6. The minimum atomic E-state index is -0.138. The second kappa shape index (κ2) is 9.60. The van der Waals surface area contributed by atoms with Gasteiger partial charge in [-0.25, -0.2) is 0 Å². The topological polar surface area (TPSA) is 50.8 Å². The number of hydrogen-bond donors (Lipinski definition) is 1. The smallest absolute Gasteiger partial charge is 0.287 e. The van der Waals surface area contributed by atoms with Crippen LogP contribution in [0.3, 0.4) is 0 Å². The number of nitrogens with one attached hydrogen (secondary N) is 1. The van der Waals surface area contributed by atoms with Crippen molar-refractivity contribution in [1.29, 1.82) is 0 Å². The van der Waals surface area contributed by atoms with Gasteiger partial charge in [-0.15, -0.1) is 23.1 Å². The van der Waals surface area contributed by atoms with Crippen LogP contribution < -0.4 is 5.32 Å². The van der Waals surface area contributed by atoms with E-state index in [0.717, 1.165) is 42.5 Å². The first-order valence-corrected chi connectivity index (χ1v) is 11.4. The monoisotopic (exact) mass is 416 g/mol. The Bertz CT molecular complexity index is 802. The summed E-state index contributed by atoms with van der Waals surface area (Å²) in [5, 5.41) is 5.21. The van der Waals surface area contributed by atoms with Crippen LogP contribution in [0.25, 0.3) is 4.91 Å². The first kappa shape index (κ1) is 19.5. The van der Waals surface area contributed by atoms with E-state index in [1.807, 2.05) is 30.3 Å². The van der Waals surface area contributed by atoms with Crippen LogP contribution in [-0.4, -0.2) is 56.0 Å². The highest BCUT2D eigenvalue weighted by molar-refractivity contribution is 8.08. The van der Waals surface area contributed by atoms with Crippen molar-refractivity contribution in [2.75, 3.05) is 45.2 Å². The fourth-order valence-electron chi connectivity index (χ4n) is 3.44. The molecule has 28 heavy (non-hydrogen) atoms. The summed E-state index contributed by atoms with van der Waals surface area (Å²) in [4.78, 5) is 17.6. The Hall–Kier alpha value is -1.80. The Morgan fingerprint density at radius 1 is 1.11 bits per heavy atom. The van der Waals surface area contributed by atoms with Crippen molar-refractivity contribution < 1.29 is 14.3 Å². The highest BCUT2D eigenvalue weighted by atomic mass is 32.2. The standard InChI is InChI=1S/C21H24N2O3S2/c24-21(19-20(28-14-12-26-19)16-5-2-1-3-6-16)22-15-17(18-7-4-13-27-18)23-8-10-25-11-9-23/h1-7,13,17H,8-12,14-15H2,(H,22,24)/t17-/m1/s1. The van der Waals surface area contributed by atoms with Gasteiger partial charge in [-0.1, -0.05) is 36.4 Å². The van der Waals surface area contributed by atoms with E-state index in [9.17, 15) is 4.79 Å². The normalized spacial score (nSPS) is 19.1. The molecule has 148 valence electrons. The minimum absolute atomic E-state index is 0.138. The molecule has 0 radical (unpaired) electrons. The number of hydrogen-bond acceptors (Lipinski definition) is 6. The molecule has 1 saturated heterocycles. The number of nitrogens with zero attached hydrogens (tertiary/aromatic N) is 1. The van der Waals surface area contributed by atoms with Crippen molar-refractivity contribution in [3.63, 3.8) is 0 Å². The van der Waals surface area contributed by atoms with Crippen molar-refractivity contribution in [2.45, 2.75) is 6.04 Å². The molecule has 1 amide bonds. The average Bonchev–Trinajstić information content (AvgIpc) is 3.30. The number of ether oxygens (including phenoxy) is 2. The van der Waals surface area contributed by atoms with Crippen molar-refractivity contribution >= 4 is 33.9 Å². The first-order valence-electron chi connectivity index (χ1n) is 9.51. The third-order valence-corrected chi connectivity index (χ3v) is 6.89. The Morgan fingerprint density at radius 3 is 2.68 bits per heavy atom. The number of thioether (sulfide) groups is 1. The Balaban J connectivity index is 1.50. The second-order valence-corrected chi connectivity index (χ2v) is 8.70. The summed E-state index contributed by atoms with van der Waals surface area (Å²) in [5.74, 6) is 1.15. The molecule has 3 heterocycles. The molecule has 1 fully saturated rings. The predicted octanol–water partition coefficient (Wildman–Crippen LogP) is 3.37. The SMILES string of the molecule is O=C(NC[C@H](c1cccs1)N1CCOCC1)C1=C(c2ccccc2)SCCO1. The number of carbonyl (C=O) groups excluding carboxylic acids is 1. The largest absolute Gasteiger partial charge is 0.486 e. The van der Waals surface area contributed by atoms with Gasteiger partial charge in [0, 0.05) is 30.3 Å². The van der Waals surface area contributed by atoms with Gasteiger partial charge in [0.15, 0.2) is 5.76 Å². The average molecular weight is 417 g/mol. The maximum atomic E-state index is 13.0. The number of benzene rings is 1. The number of amides is 1. The van der Waals surface area contributed by atoms with Gasteiger partial charge >= 0.3 is 0 Å². The van der Waals surface area contributed by atoms with E-state index in [2.05, 4.69) is 27.7 Å². The summed E-state index contributed by atoms with van der Waals surface area (Å²) < 4.78 is 11.3. The summed E-state index contributed by atoms with van der Waals surface area (Å²) in [5.41, 5.74) is 1.03. The van der Waals surface area contributed by atoms with Crippen LogP contribution >= 0.6 is 23.1 Å². The maximum Gasteiger partial charge on any atom is 0.287 e. The number of morpholine rings is 1. The molecular formula is C21H24N2O3S2. The summed E-state index contributed by atoms with van der Waals surface area (Å²) in [6.07, 6.45) is 0. The molecule has 1 atom stereocenters. The molecule has 5 nitrogen and oxygen atoms in total. The molecule has 1 N–H and O–H groups in total. The second-order valence-electron chi connectivity index (χ2n) is 6.61. The molecule has 1 aromatic carbocycles. The Morgan fingerprint density at radius 2 is 1.93 bits per heavy atom. The minimum Gasteiger partial charge on any atom is -0.486 e. The molecule has 1 aromatic heterocycles. The number of thiophene rings is 1. The molecule has 7 heteroatoms. The van der Waals surface area contributed by atoms with E-state index < -0.39 is 0 Å². The quantitative estimate of drug-likeness (QED) is 0.783. The molecule has 0 saturated carbocycles. The van der Waals surface area contributed by atoms with Gasteiger partial charge in [-0.2, -0.15) is 0 Å². The van der Waals surface area contributed by atoms with Crippen LogP contribution in [0.1, 0.15) is 16.5 Å². The van der Waals surface area contributed by atoms with E-state index >= 15 is 0 Å². The van der Waals surface area contributed by atoms with E-state index in [1.165, 1.54) is 4.88 Å². The lowest BCUT2D eigenvalue weighted by Crippen LogP contribution is -2.44. The molecule has 0 spiro atoms. The van der Waals surface area contributed by atoms with Crippen LogP contribution in [0.2, 0.25) is 0 Å². The highest BCUT2D eigenvalue weighted by Gasteiger charge is 2.27. The molecule has 4 rings (SSSR count). The van der Waals surface area contributed by atoms with Crippen LogP contribution in [0.5, 0.6) is 0 Å². The molecule has 0 bridgehead atoms. The fourth-order valence-corrected chi connectivity index (χ4v) is 5.26. The predicted molar refractivity (Wildman–Crippen MR) is 114 cm³/mol. The van der Waals surface area contributed by atoms with Gasteiger partial charge in [0.25, 0.3) is 5.91 Å². The molecule has 0 aliphatic carbocycles. The fraction of sp³-hybridized carbons (Fsp3) is 0.381. The van der Waals surface area contributed by atoms with E-state index in [-0.39, 0.29) is 11.9 Å². The summed E-state index contributed by atoms with van der Waals surface area (Å²) in [7, 11) is 0. The van der Waals surface area contributed by atoms with Gasteiger partial charge < -0.3 is 14.8 Å². The third kappa shape index (κ3) is 4.60. The Kier molecular flexibility index (Phi) is 6.69. The van der Waals surface area contributed by atoms with E-state index in [4.69, 9.17) is 9.47 Å². The molecule has 2 aliphatic rings. The van der Waals surface area contributed by atoms with Gasteiger partial charge in [0.1, 0.15) is 0 Å². The first-order chi connectivity index (χ1) is 13.8. The third-order valence-electron chi connectivity index (χ3n) is 4.84. The molecular weight excluding hydrogens is 392 g/mol. The van der Waals surface area contributed by atoms with Crippen LogP contribution in [0, 0.1) is 0 Å². The lowest BCUT2D eigenvalue weighted by atomic mass is 10.1.